The largest absolute Gasteiger partial charge is 0.344 e. The summed E-state index contributed by atoms with van der Waals surface area (Å²) in [6, 6.07) is 25.3. The lowest BCUT2D eigenvalue weighted by Crippen LogP contribution is -1.87. The maximum atomic E-state index is 4.28. The number of hydrogen-bond donors (Lipinski definition) is 0. The first-order valence-electron chi connectivity index (χ1n) is 10.0. The van der Waals surface area contributed by atoms with Gasteiger partial charge in [0.25, 0.3) is 0 Å². The number of imidazole rings is 2. The number of aryl methyl sites for hydroxylation is 2. The van der Waals surface area contributed by atoms with Crippen molar-refractivity contribution in [2.24, 2.45) is 14.1 Å². The highest BCUT2D eigenvalue weighted by atomic mass is 15.2. The lowest BCUT2D eigenvalue weighted by atomic mass is 10.2. The van der Waals surface area contributed by atoms with Gasteiger partial charge < -0.3 is 9.13 Å². The normalized spacial score (nSPS) is 10.8. The van der Waals surface area contributed by atoms with E-state index in [9.17, 15) is 0 Å². The molecule has 4 heteroatoms. The molecule has 0 fully saturated rings. The Morgan fingerprint density at radius 3 is 1.66 bits per heavy atom. The van der Waals surface area contributed by atoms with Crippen molar-refractivity contribution in [3.63, 3.8) is 0 Å². The van der Waals surface area contributed by atoms with Crippen LogP contribution in [0.2, 0.25) is 0 Å². The van der Waals surface area contributed by atoms with Gasteiger partial charge in [-0.15, -0.1) is 0 Å². The maximum Gasteiger partial charge on any atom is 0.214 e. The molecule has 3 aromatic carbocycles. The molecule has 6 aromatic rings. The molecule has 0 atom stereocenters. The van der Waals surface area contributed by atoms with Gasteiger partial charge in [0.2, 0.25) is 5.78 Å². The molecule has 0 aliphatic rings. The van der Waals surface area contributed by atoms with Gasteiger partial charge in [-0.3, -0.25) is 4.40 Å². The average Bonchev–Trinajstić information content (AvgIpc) is 3.46. The van der Waals surface area contributed by atoms with Crippen LogP contribution in [-0.2, 0) is 14.1 Å². The summed E-state index contributed by atoms with van der Waals surface area (Å²) in [6.07, 6.45) is 3.80. The molecule has 6 rings (SSSR count). The van der Waals surface area contributed by atoms with Gasteiger partial charge in [0.15, 0.2) is 0 Å². The molecular weight excluding hydrogens is 356 g/mol. The minimum Gasteiger partial charge on any atom is -0.344 e. The summed E-state index contributed by atoms with van der Waals surface area (Å²) in [7, 11) is 4.15. The Kier molecular flexibility index (Phi) is 5.09. The van der Waals surface area contributed by atoms with Crippen LogP contribution in [0.5, 0.6) is 0 Å². The van der Waals surface area contributed by atoms with Gasteiger partial charge in [0, 0.05) is 48.3 Å². The highest BCUT2D eigenvalue weighted by Gasteiger charge is 2.06. The number of para-hydroxylation sites is 4. The van der Waals surface area contributed by atoms with Crippen molar-refractivity contribution in [3.05, 3.63) is 85.2 Å². The molecule has 0 radical (unpaired) electrons. The fourth-order valence-corrected chi connectivity index (χ4v) is 3.91. The van der Waals surface area contributed by atoms with Crippen LogP contribution in [0.1, 0.15) is 13.8 Å². The monoisotopic (exact) mass is 382 g/mol. The predicted octanol–water partition coefficient (Wildman–Crippen LogP) is 6.18. The summed E-state index contributed by atoms with van der Waals surface area (Å²) in [6.45, 7) is 4.00. The fraction of sp³-hybridized carbons (Fsp3) is 0.160. The minimum atomic E-state index is 0.987. The first kappa shape index (κ1) is 18.8. The van der Waals surface area contributed by atoms with Crippen LogP contribution in [0.15, 0.2) is 85.2 Å². The Morgan fingerprint density at radius 2 is 1.07 bits per heavy atom. The van der Waals surface area contributed by atoms with E-state index in [-0.39, 0.29) is 0 Å². The molecule has 0 spiro atoms. The van der Waals surface area contributed by atoms with Gasteiger partial charge in [-0.05, 0) is 24.3 Å². The lowest BCUT2D eigenvalue weighted by Gasteiger charge is -1.95. The minimum absolute atomic E-state index is 0.987. The molecule has 146 valence electrons. The van der Waals surface area contributed by atoms with Crippen molar-refractivity contribution in [1.29, 1.82) is 0 Å². The van der Waals surface area contributed by atoms with Crippen molar-refractivity contribution in [3.8, 4) is 0 Å². The molecule has 0 saturated carbocycles. The van der Waals surface area contributed by atoms with E-state index in [2.05, 4.69) is 86.2 Å². The van der Waals surface area contributed by atoms with Crippen LogP contribution >= 0.6 is 0 Å². The lowest BCUT2D eigenvalue weighted by molar-refractivity contribution is 0.970. The zero-order chi connectivity index (χ0) is 20.4. The number of rotatable bonds is 0. The number of fused-ring (bicyclic) bond motifs is 6. The Balaban J connectivity index is 0.000000131. The molecule has 0 unspecified atom stereocenters. The number of benzene rings is 3. The second-order valence-electron chi connectivity index (χ2n) is 6.74. The van der Waals surface area contributed by atoms with Gasteiger partial charge in [0.05, 0.1) is 11.0 Å². The smallest absolute Gasteiger partial charge is 0.214 e. The standard InChI is InChI=1S/C13H11N.C10H9N3.C2H6/c1-14-12-8-4-2-6-10(12)11-7-3-5-9-13(11)14;1-12-8-4-2-3-5-9(8)13-7-6-11-10(12)13;1-2/h2-9H,1H3;2-7H,1H3;1-2H3. The average molecular weight is 383 g/mol. The Bertz CT molecular complexity index is 1350. The van der Waals surface area contributed by atoms with Gasteiger partial charge in [-0.25, -0.2) is 4.98 Å². The summed E-state index contributed by atoms with van der Waals surface area (Å²) >= 11 is 0. The Labute approximate surface area is 170 Å². The van der Waals surface area contributed by atoms with Crippen molar-refractivity contribution in [2.45, 2.75) is 13.8 Å². The molecule has 4 nitrogen and oxygen atoms in total. The van der Waals surface area contributed by atoms with Crippen LogP contribution in [0.4, 0.5) is 0 Å². The van der Waals surface area contributed by atoms with Crippen molar-refractivity contribution < 1.29 is 0 Å². The van der Waals surface area contributed by atoms with Crippen LogP contribution in [0, 0.1) is 0 Å². The van der Waals surface area contributed by atoms with E-state index in [0.717, 1.165) is 5.78 Å². The highest BCUT2D eigenvalue weighted by Crippen LogP contribution is 2.27. The van der Waals surface area contributed by atoms with E-state index >= 15 is 0 Å². The predicted molar refractivity (Wildman–Crippen MR) is 123 cm³/mol. The van der Waals surface area contributed by atoms with Gasteiger partial charge in [-0.2, -0.15) is 0 Å². The molecule has 0 aliphatic heterocycles. The summed E-state index contributed by atoms with van der Waals surface area (Å²) in [4.78, 5) is 4.28. The number of aromatic nitrogens is 4. The zero-order valence-electron chi connectivity index (χ0n) is 17.4. The molecule has 3 aromatic heterocycles. The highest BCUT2D eigenvalue weighted by molar-refractivity contribution is 6.07. The molecular formula is C25H26N4. The van der Waals surface area contributed by atoms with Crippen LogP contribution < -0.4 is 0 Å². The van der Waals surface area contributed by atoms with E-state index in [1.807, 2.05) is 45.4 Å². The topological polar surface area (TPSA) is 27.2 Å². The molecule has 0 amide bonds. The number of nitrogens with zero attached hydrogens (tertiary/aromatic N) is 4. The Morgan fingerprint density at radius 1 is 0.586 bits per heavy atom. The van der Waals surface area contributed by atoms with E-state index in [1.54, 1.807) is 0 Å². The molecule has 0 aliphatic carbocycles. The second-order valence-corrected chi connectivity index (χ2v) is 6.74. The molecule has 0 N–H and O–H groups in total. The van der Waals surface area contributed by atoms with Crippen LogP contribution in [-0.4, -0.2) is 18.5 Å². The van der Waals surface area contributed by atoms with Gasteiger partial charge in [-0.1, -0.05) is 62.4 Å². The molecule has 29 heavy (non-hydrogen) atoms. The quantitative estimate of drug-likeness (QED) is 0.308. The third-order valence-electron chi connectivity index (χ3n) is 5.24. The van der Waals surface area contributed by atoms with Crippen LogP contribution in [0.25, 0.3) is 38.6 Å². The van der Waals surface area contributed by atoms with E-state index in [1.165, 1.54) is 32.8 Å². The molecule has 0 bridgehead atoms. The van der Waals surface area contributed by atoms with Crippen LogP contribution in [0.3, 0.4) is 0 Å². The zero-order valence-corrected chi connectivity index (χ0v) is 17.4. The third-order valence-corrected chi connectivity index (χ3v) is 5.24. The molecule has 0 saturated heterocycles. The van der Waals surface area contributed by atoms with Crippen molar-refractivity contribution in [2.75, 3.05) is 0 Å². The first-order chi connectivity index (χ1) is 14.3. The molecule has 3 heterocycles. The van der Waals surface area contributed by atoms with E-state index in [0.29, 0.717) is 0 Å². The third kappa shape index (κ3) is 3.07. The number of hydrogen-bond acceptors (Lipinski definition) is 1. The second kappa shape index (κ2) is 7.84. The van der Waals surface area contributed by atoms with Gasteiger partial charge >= 0.3 is 0 Å². The summed E-state index contributed by atoms with van der Waals surface area (Å²) in [5.41, 5.74) is 5.02. The van der Waals surface area contributed by atoms with E-state index < -0.39 is 0 Å². The van der Waals surface area contributed by atoms with E-state index in [4.69, 9.17) is 0 Å². The van der Waals surface area contributed by atoms with Crippen molar-refractivity contribution in [1.82, 2.24) is 18.5 Å². The SMILES string of the molecule is CC.Cn1c2ccccc2c2ccccc21.Cn1c2ccccc2n2ccnc12. The Hall–Kier alpha value is -3.53. The van der Waals surface area contributed by atoms with Crippen molar-refractivity contribution >= 4 is 38.6 Å². The summed E-state index contributed by atoms with van der Waals surface area (Å²) in [5.74, 6) is 0.987. The summed E-state index contributed by atoms with van der Waals surface area (Å²) in [5, 5.41) is 2.68. The maximum absolute atomic E-state index is 4.28. The van der Waals surface area contributed by atoms with Gasteiger partial charge in [0.1, 0.15) is 0 Å². The summed E-state index contributed by atoms with van der Waals surface area (Å²) < 4.78 is 6.43. The first-order valence-corrected chi connectivity index (χ1v) is 10.0. The fourth-order valence-electron chi connectivity index (χ4n) is 3.91.